The van der Waals surface area contributed by atoms with E-state index in [9.17, 15) is 4.79 Å². The molecule has 1 amide bonds. The summed E-state index contributed by atoms with van der Waals surface area (Å²) in [6, 6.07) is 32.9. The standard InChI is InChI=1S/C39H38N10O/c1-2-3-14-35-40-39(23-8-9-24-39)38(50)48(35)25-27-15-19-30(20-16-27)32-11-5-7-13-34(32)37-43-47-49(44-37)26-28-17-21-29(22-18-28)31-10-4-6-12-33(31)36-41-45-46-42-36/h4-7,10-13,15-22H,2-3,8-9,14,23-26H2,1H3,(H,41,42,45,46). The normalized spacial score (nSPS) is 15.3. The number of unbranched alkanes of at least 4 members (excludes halogenated alkanes) is 1. The fourth-order valence-electron chi connectivity index (χ4n) is 7.18. The highest BCUT2D eigenvalue weighted by molar-refractivity contribution is 6.08. The van der Waals surface area contributed by atoms with Crippen LogP contribution in [0.5, 0.6) is 0 Å². The Hall–Kier alpha value is -5.84. The molecule has 50 heavy (non-hydrogen) atoms. The lowest BCUT2D eigenvalue weighted by Gasteiger charge is -2.23. The van der Waals surface area contributed by atoms with Gasteiger partial charge >= 0.3 is 0 Å². The van der Waals surface area contributed by atoms with Gasteiger partial charge in [-0.1, -0.05) is 123 Å². The van der Waals surface area contributed by atoms with E-state index in [1.807, 2.05) is 41.3 Å². The maximum Gasteiger partial charge on any atom is 0.256 e. The molecule has 1 aliphatic heterocycles. The van der Waals surface area contributed by atoms with Crippen LogP contribution in [0.4, 0.5) is 0 Å². The zero-order valence-electron chi connectivity index (χ0n) is 28.0. The van der Waals surface area contributed by atoms with Gasteiger partial charge < -0.3 is 0 Å². The molecule has 1 fully saturated rings. The Morgan fingerprint density at radius 2 is 1.32 bits per heavy atom. The number of aliphatic imine (C=N–C) groups is 1. The quantitative estimate of drug-likeness (QED) is 0.156. The van der Waals surface area contributed by atoms with E-state index in [0.717, 1.165) is 95.3 Å². The van der Waals surface area contributed by atoms with E-state index in [0.29, 0.717) is 24.7 Å². The summed E-state index contributed by atoms with van der Waals surface area (Å²) in [5.41, 5.74) is 7.60. The zero-order valence-corrected chi connectivity index (χ0v) is 28.0. The number of benzene rings is 4. The molecule has 0 bridgehead atoms. The van der Waals surface area contributed by atoms with Gasteiger partial charge in [0.1, 0.15) is 11.4 Å². The molecule has 0 saturated heterocycles. The van der Waals surface area contributed by atoms with Gasteiger partial charge in [0.25, 0.3) is 5.91 Å². The van der Waals surface area contributed by atoms with Crippen LogP contribution in [0.3, 0.4) is 0 Å². The Balaban J connectivity index is 0.974. The van der Waals surface area contributed by atoms with E-state index in [1.165, 1.54) is 0 Å². The van der Waals surface area contributed by atoms with Crippen LogP contribution in [-0.2, 0) is 17.9 Å². The Labute approximate surface area is 290 Å². The summed E-state index contributed by atoms with van der Waals surface area (Å²) in [5, 5.41) is 28.1. The van der Waals surface area contributed by atoms with Crippen LogP contribution < -0.4 is 0 Å². The molecule has 0 radical (unpaired) electrons. The number of carbonyl (C=O) groups excluding carboxylic acids is 1. The van der Waals surface area contributed by atoms with Crippen molar-refractivity contribution < 1.29 is 4.79 Å². The molecule has 1 N–H and O–H groups in total. The fourth-order valence-corrected chi connectivity index (χ4v) is 7.18. The van der Waals surface area contributed by atoms with Crippen molar-refractivity contribution in [3.8, 4) is 45.0 Å². The van der Waals surface area contributed by atoms with Crippen LogP contribution in [-0.4, -0.2) is 63.0 Å². The third-order valence-electron chi connectivity index (χ3n) is 9.81. The highest BCUT2D eigenvalue weighted by atomic mass is 16.2. The minimum absolute atomic E-state index is 0.187. The summed E-state index contributed by atoms with van der Waals surface area (Å²) in [7, 11) is 0. The number of amides is 1. The number of H-pyrrole nitrogens is 1. The highest BCUT2D eigenvalue weighted by Gasteiger charge is 2.49. The molecule has 0 atom stereocenters. The van der Waals surface area contributed by atoms with E-state index in [4.69, 9.17) is 10.1 Å². The van der Waals surface area contributed by atoms with Crippen LogP contribution >= 0.6 is 0 Å². The average Bonchev–Trinajstić information content (AvgIpc) is 3.99. The minimum Gasteiger partial charge on any atom is -0.294 e. The molecule has 1 spiro atoms. The smallest absolute Gasteiger partial charge is 0.256 e. The first kappa shape index (κ1) is 31.4. The monoisotopic (exact) mass is 662 g/mol. The summed E-state index contributed by atoms with van der Waals surface area (Å²) in [6.45, 7) is 3.21. The van der Waals surface area contributed by atoms with Crippen molar-refractivity contribution in [3.63, 3.8) is 0 Å². The molecule has 0 unspecified atom stereocenters. The first-order valence-corrected chi connectivity index (χ1v) is 17.4. The molecule has 2 aliphatic rings. The Kier molecular flexibility index (Phi) is 8.54. The number of rotatable bonds is 11. The first-order chi connectivity index (χ1) is 24.6. The number of aromatic nitrogens is 8. The highest BCUT2D eigenvalue weighted by Crippen LogP contribution is 2.40. The van der Waals surface area contributed by atoms with Crippen LogP contribution in [0.2, 0.25) is 0 Å². The number of hydrogen-bond acceptors (Lipinski definition) is 8. The van der Waals surface area contributed by atoms with Crippen molar-refractivity contribution >= 4 is 11.7 Å². The molecule has 6 aromatic rings. The summed E-state index contributed by atoms with van der Waals surface area (Å²) < 4.78 is 0. The van der Waals surface area contributed by atoms with Crippen molar-refractivity contribution in [2.24, 2.45) is 4.99 Å². The van der Waals surface area contributed by atoms with Crippen LogP contribution in [0.25, 0.3) is 45.0 Å². The lowest BCUT2D eigenvalue weighted by Crippen LogP contribution is -2.40. The second kappa shape index (κ2) is 13.6. The molecule has 1 saturated carbocycles. The number of nitrogens with zero attached hydrogens (tertiary/aromatic N) is 9. The molecule has 11 nitrogen and oxygen atoms in total. The van der Waals surface area contributed by atoms with Gasteiger partial charge in [-0.25, -0.2) is 0 Å². The molecule has 8 rings (SSSR count). The summed E-state index contributed by atoms with van der Waals surface area (Å²) in [6.07, 6.45) is 6.87. The maximum absolute atomic E-state index is 13.6. The number of aromatic amines is 1. The largest absolute Gasteiger partial charge is 0.294 e. The molecular formula is C39H38N10O. The van der Waals surface area contributed by atoms with Gasteiger partial charge in [0.05, 0.1) is 13.1 Å². The van der Waals surface area contributed by atoms with E-state index in [2.05, 4.69) is 98.5 Å². The van der Waals surface area contributed by atoms with Crippen LogP contribution in [0.15, 0.2) is 102 Å². The number of nitrogens with one attached hydrogen (secondary N) is 1. The summed E-state index contributed by atoms with van der Waals surface area (Å²) in [5.74, 6) is 2.27. The average molecular weight is 663 g/mol. The number of hydrogen-bond donors (Lipinski definition) is 1. The van der Waals surface area contributed by atoms with Gasteiger partial charge in [0.2, 0.25) is 11.6 Å². The number of tetrazole rings is 2. The minimum atomic E-state index is -0.515. The maximum atomic E-state index is 13.6. The van der Waals surface area contributed by atoms with Gasteiger partial charge in [-0.2, -0.15) is 10.0 Å². The van der Waals surface area contributed by atoms with Crippen molar-refractivity contribution in [1.82, 2.24) is 45.7 Å². The Morgan fingerprint density at radius 1 is 0.720 bits per heavy atom. The fraction of sp³-hybridized carbons (Fsp3) is 0.282. The summed E-state index contributed by atoms with van der Waals surface area (Å²) >= 11 is 0. The van der Waals surface area contributed by atoms with Crippen molar-refractivity contribution in [3.05, 3.63) is 108 Å². The van der Waals surface area contributed by atoms with Gasteiger partial charge in [-0.15, -0.1) is 20.4 Å². The molecule has 11 heteroatoms. The lowest BCUT2D eigenvalue weighted by molar-refractivity contribution is -0.131. The third kappa shape index (κ3) is 6.11. The predicted molar refractivity (Wildman–Crippen MR) is 192 cm³/mol. The van der Waals surface area contributed by atoms with Gasteiger partial charge in [-0.3, -0.25) is 14.7 Å². The molecule has 1 aliphatic carbocycles. The van der Waals surface area contributed by atoms with Crippen LogP contribution in [0.1, 0.15) is 63.0 Å². The summed E-state index contributed by atoms with van der Waals surface area (Å²) in [4.78, 5) is 22.2. The van der Waals surface area contributed by atoms with Gasteiger partial charge in [-0.05, 0) is 63.1 Å². The van der Waals surface area contributed by atoms with E-state index >= 15 is 0 Å². The molecule has 2 aromatic heterocycles. The predicted octanol–water partition coefficient (Wildman–Crippen LogP) is 7.15. The first-order valence-electron chi connectivity index (χ1n) is 17.4. The Morgan fingerprint density at radius 3 is 1.92 bits per heavy atom. The molecule has 4 aromatic carbocycles. The van der Waals surface area contributed by atoms with E-state index < -0.39 is 5.54 Å². The topological polar surface area (TPSA) is 131 Å². The van der Waals surface area contributed by atoms with Crippen molar-refractivity contribution in [2.45, 2.75) is 70.5 Å². The second-order valence-electron chi connectivity index (χ2n) is 13.1. The van der Waals surface area contributed by atoms with E-state index in [1.54, 1.807) is 4.80 Å². The second-order valence-corrected chi connectivity index (χ2v) is 13.1. The SMILES string of the molecule is CCCCC1=NC2(CCCC2)C(=O)N1Cc1ccc(-c2ccccc2-c2nnn(Cc3ccc(-c4ccccc4-c4nn[nH]n4)cc3)n2)cc1. The third-order valence-corrected chi connectivity index (χ3v) is 9.81. The van der Waals surface area contributed by atoms with Gasteiger partial charge in [0.15, 0.2) is 0 Å². The lowest BCUT2D eigenvalue weighted by atomic mass is 9.97. The van der Waals surface area contributed by atoms with Crippen LogP contribution in [0, 0.1) is 0 Å². The molecule has 3 heterocycles. The van der Waals surface area contributed by atoms with E-state index in [-0.39, 0.29) is 5.91 Å². The van der Waals surface area contributed by atoms with Crippen molar-refractivity contribution in [1.29, 1.82) is 0 Å². The van der Waals surface area contributed by atoms with Crippen molar-refractivity contribution in [2.75, 3.05) is 0 Å². The van der Waals surface area contributed by atoms with Gasteiger partial charge in [0, 0.05) is 17.5 Å². The molecule has 250 valence electrons. The zero-order chi connectivity index (χ0) is 33.9. The number of carbonyl (C=O) groups is 1. The Bertz CT molecular complexity index is 2130. The molecular weight excluding hydrogens is 624 g/mol. The number of amidine groups is 1.